The lowest BCUT2D eigenvalue weighted by Gasteiger charge is -2.14. The molecule has 1 aliphatic rings. The lowest BCUT2D eigenvalue weighted by atomic mass is 9.91. The van der Waals surface area contributed by atoms with Crippen LogP contribution in [0.25, 0.3) is 0 Å². The SMILES string of the molecule is O=C(O)CC(c1ccc(F)c(Br)c1)C1CC1. The molecule has 0 spiro atoms. The zero-order valence-electron chi connectivity index (χ0n) is 8.62. The second-order valence-corrected chi connectivity index (χ2v) is 5.07. The highest BCUT2D eigenvalue weighted by molar-refractivity contribution is 9.10. The lowest BCUT2D eigenvalue weighted by Crippen LogP contribution is -2.08. The zero-order chi connectivity index (χ0) is 11.7. The summed E-state index contributed by atoms with van der Waals surface area (Å²) in [6.07, 6.45) is 2.28. The van der Waals surface area contributed by atoms with Crippen molar-refractivity contribution in [3.05, 3.63) is 34.1 Å². The quantitative estimate of drug-likeness (QED) is 0.919. The molecular formula is C12H12BrFO2. The monoisotopic (exact) mass is 286 g/mol. The maximum absolute atomic E-state index is 13.1. The maximum atomic E-state index is 13.1. The molecule has 1 atom stereocenters. The van der Waals surface area contributed by atoms with Gasteiger partial charge in [0.15, 0.2) is 0 Å². The number of aliphatic carboxylic acids is 1. The molecule has 0 heterocycles. The molecular weight excluding hydrogens is 275 g/mol. The van der Waals surface area contributed by atoms with Crippen LogP contribution in [0.15, 0.2) is 22.7 Å². The minimum absolute atomic E-state index is 0.0226. The van der Waals surface area contributed by atoms with E-state index in [0.29, 0.717) is 10.4 Å². The van der Waals surface area contributed by atoms with E-state index in [1.54, 1.807) is 12.1 Å². The Bertz CT molecular complexity index is 415. The first-order chi connectivity index (χ1) is 7.58. The van der Waals surface area contributed by atoms with Crippen molar-refractivity contribution in [1.82, 2.24) is 0 Å². The summed E-state index contributed by atoms with van der Waals surface area (Å²) in [5.74, 6) is -0.631. The lowest BCUT2D eigenvalue weighted by molar-refractivity contribution is -0.137. The number of carboxylic acid groups (broad SMARTS) is 1. The third-order valence-electron chi connectivity index (χ3n) is 2.96. The van der Waals surface area contributed by atoms with Crippen LogP contribution in [0.3, 0.4) is 0 Å². The van der Waals surface area contributed by atoms with Crippen molar-refractivity contribution in [3.63, 3.8) is 0 Å². The van der Waals surface area contributed by atoms with Crippen LogP contribution in [0.1, 0.15) is 30.7 Å². The number of benzene rings is 1. The number of carboxylic acids is 1. The summed E-state index contributed by atoms with van der Waals surface area (Å²) < 4.78 is 13.5. The van der Waals surface area contributed by atoms with Crippen LogP contribution in [-0.4, -0.2) is 11.1 Å². The zero-order valence-corrected chi connectivity index (χ0v) is 10.2. The number of carbonyl (C=O) groups is 1. The van der Waals surface area contributed by atoms with Gasteiger partial charge in [0.2, 0.25) is 0 Å². The fraction of sp³-hybridized carbons (Fsp3) is 0.417. The van der Waals surface area contributed by atoms with Crippen molar-refractivity contribution in [2.24, 2.45) is 5.92 Å². The van der Waals surface area contributed by atoms with Gasteiger partial charge in [-0.25, -0.2) is 4.39 Å². The summed E-state index contributed by atoms with van der Waals surface area (Å²) in [7, 11) is 0. The summed E-state index contributed by atoms with van der Waals surface area (Å²) in [5.41, 5.74) is 0.915. The minimum atomic E-state index is -0.794. The van der Waals surface area contributed by atoms with Gasteiger partial charge >= 0.3 is 5.97 Å². The number of hydrogen-bond acceptors (Lipinski definition) is 1. The van der Waals surface area contributed by atoms with E-state index >= 15 is 0 Å². The van der Waals surface area contributed by atoms with E-state index in [0.717, 1.165) is 18.4 Å². The largest absolute Gasteiger partial charge is 0.481 e. The van der Waals surface area contributed by atoms with Gasteiger partial charge in [-0.3, -0.25) is 4.79 Å². The first kappa shape index (κ1) is 11.6. The Balaban J connectivity index is 2.24. The molecule has 1 aliphatic carbocycles. The molecule has 0 amide bonds. The summed E-state index contributed by atoms with van der Waals surface area (Å²) in [5, 5.41) is 8.86. The van der Waals surface area contributed by atoms with Crippen LogP contribution in [0, 0.1) is 11.7 Å². The topological polar surface area (TPSA) is 37.3 Å². The van der Waals surface area contributed by atoms with Gasteiger partial charge in [-0.15, -0.1) is 0 Å². The molecule has 1 unspecified atom stereocenters. The smallest absolute Gasteiger partial charge is 0.303 e. The van der Waals surface area contributed by atoms with E-state index < -0.39 is 5.97 Å². The third kappa shape index (κ3) is 2.61. The second-order valence-electron chi connectivity index (χ2n) is 4.22. The molecule has 4 heteroatoms. The molecule has 1 saturated carbocycles. The highest BCUT2D eigenvalue weighted by atomic mass is 79.9. The Morgan fingerprint density at radius 1 is 1.56 bits per heavy atom. The van der Waals surface area contributed by atoms with Crippen molar-refractivity contribution in [3.8, 4) is 0 Å². The highest BCUT2D eigenvalue weighted by Gasteiger charge is 2.33. The van der Waals surface area contributed by atoms with Gasteiger partial charge in [0.05, 0.1) is 10.9 Å². The van der Waals surface area contributed by atoms with Crippen molar-refractivity contribution >= 4 is 21.9 Å². The van der Waals surface area contributed by atoms with Crippen LogP contribution in [0.5, 0.6) is 0 Å². The fourth-order valence-electron chi connectivity index (χ4n) is 1.99. The van der Waals surface area contributed by atoms with E-state index in [1.807, 2.05) is 0 Å². The molecule has 1 aromatic rings. The first-order valence-corrected chi connectivity index (χ1v) is 6.04. The molecule has 0 aromatic heterocycles. The molecule has 0 bridgehead atoms. The summed E-state index contributed by atoms with van der Waals surface area (Å²) in [6.45, 7) is 0. The average molecular weight is 287 g/mol. The maximum Gasteiger partial charge on any atom is 0.303 e. The predicted molar refractivity (Wildman–Crippen MR) is 61.8 cm³/mol. The van der Waals surface area contributed by atoms with Crippen LogP contribution in [-0.2, 0) is 4.79 Å². The Hall–Kier alpha value is -0.900. The molecule has 2 rings (SSSR count). The van der Waals surface area contributed by atoms with Gasteiger partial charge < -0.3 is 5.11 Å². The van der Waals surface area contributed by atoms with Crippen LogP contribution < -0.4 is 0 Å². The van der Waals surface area contributed by atoms with E-state index in [1.165, 1.54) is 6.07 Å². The van der Waals surface area contributed by atoms with Crippen molar-refractivity contribution in [2.75, 3.05) is 0 Å². The van der Waals surface area contributed by atoms with Crippen molar-refractivity contribution in [1.29, 1.82) is 0 Å². The summed E-state index contributed by atoms with van der Waals surface area (Å²) in [4.78, 5) is 10.8. The van der Waals surface area contributed by atoms with Gasteiger partial charge in [-0.2, -0.15) is 0 Å². The summed E-state index contributed by atoms with van der Waals surface area (Å²) in [6, 6.07) is 4.77. The summed E-state index contributed by atoms with van der Waals surface area (Å²) >= 11 is 3.13. The molecule has 86 valence electrons. The van der Waals surface area contributed by atoms with Crippen LogP contribution >= 0.6 is 15.9 Å². The first-order valence-electron chi connectivity index (χ1n) is 5.24. The third-order valence-corrected chi connectivity index (χ3v) is 3.57. The Morgan fingerprint density at radius 2 is 2.25 bits per heavy atom. The van der Waals surface area contributed by atoms with E-state index in [2.05, 4.69) is 15.9 Å². The molecule has 16 heavy (non-hydrogen) atoms. The number of hydrogen-bond donors (Lipinski definition) is 1. The Kier molecular flexibility index (Phi) is 3.28. The standard InChI is InChI=1S/C12H12BrFO2/c13-10-5-8(3-4-11(10)14)9(6-12(15)16)7-1-2-7/h3-5,7,9H,1-2,6H2,(H,15,16). The number of rotatable bonds is 4. The van der Waals surface area contributed by atoms with Gasteiger partial charge in [-0.05, 0) is 58.3 Å². The van der Waals surface area contributed by atoms with Crippen LogP contribution in [0.4, 0.5) is 4.39 Å². The highest BCUT2D eigenvalue weighted by Crippen LogP contribution is 2.45. The molecule has 0 radical (unpaired) electrons. The van der Waals surface area contributed by atoms with E-state index in [4.69, 9.17) is 5.11 Å². The predicted octanol–water partition coefficient (Wildman–Crippen LogP) is 3.56. The van der Waals surface area contributed by atoms with E-state index in [9.17, 15) is 9.18 Å². The van der Waals surface area contributed by atoms with Gasteiger partial charge in [0.25, 0.3) is 0 Å². The molecule has 1 fully saturated rings. The van der Waals surface area contributed by atoms with Crippen LogP contribution in [0.2, 0.25) is 0 Å². The fourth-order valence-corrected chi connectivity index (χ4v) is 2.38. The Morgan fingerprint density at radius 3 is 2.75 bits per heavy atom. The molecule has 1 N–H and O–H groups in total. The van der Waals surface area contributed by atoms with Gasteiger partial charge in [-0.1, -0.05) is 6.07 Å². The molecule has 0 saturated heterocycles. The van der Waals surface area contributed by atoms with E-state index in [-0.39, 0.29) is 18.2 Å². The molecule has 2 nitrogen and oxygen atoms in total. The molecule has 0 aliphatic heterocycles. The minimum Gasteiger partial charge on any atom is -0.481 e. The number of halogens is 2. The van der Waals surface area contributed by atoms with Gasteiger partial charge in [0, 0.05) is 0 Å². The molecule has 1 aromatic carbocycles. The normalized spacial score (nSPS) is 17.1. The van der Waals surface area contributed by atoms with Crippen molar-refractivity contribution in [2.45, 2.75) is 25.2 Å². The second kappa shape index (κ2) is 4.53. The average Bonchev–Trinajstić information content (AvgIpc) is 3.02. The Labute approximate surface area is 102 Å². The van der Waals surface area contributed by atoms with Gasteiger partial charge in [0.1, 0.15) is 5.82 Å². The van der Waals surface area contributed by atoms with Crippen molar-refractivity contribution < 1.29 is 14.3 Å².